The Kier molecular flexibility index (Phi) is 3.27. The SMILES string of the molecule is CC1CC1NCCCc1ccc(N)cc1. The molecule has 1 fully saturated rings. The smallest absolute Gasteiger partial charge is 0.0314 e. The Morgan fingerprint density at radius 1 is 1.33 bits per heavy atom. The summed E-state index contributed by atoms with van der Waals surface area (Å²) in [7, 11) is 0. The summed E-state index contributed by atoms with van der Waals surface area (Å²) in [6.45, 7) is 3.44. The van der Waals surface area contributed by atoms with Crippen molar-refractivity contribution in [2.75, 3.05) is 12.3 Å². The lowest BCUT2D eigenvalue weighted by molar-refractivity contribution is 0.622. The second kappa shape index (κ2) is 4.67. The molecule has 0 spiro atoms. The van der Waals surface area contributed by atoms with Crippen LogP contribution in [0, 0.1) is 5.92 Å². The summed E-state index contributed by atoms with van der Waals surface area (Å²) < 4.78 is 0. The summed E-state index contributed by atoms with van der Waals surface area (Å²) >= 11 is 0. The molecule has 3 N–H and O–H groups in total. The molecule has 2 unspecified atom stereocenters. The number of hydrogen-bond acceptors (Lipinski definition) is 2. The van der Waals surface area contributed by atoms with Crippen LogP contribution in [0.25, 0.3) is 0 Å². The minimum Gasteiger partial charge on any atom is -0.399 e. The van der Waals surface area contributed by atoms with E-state index in [-0.39, 0.29) is 0 Å². The van der Waals surface area contributed by atoms with Crippen molar-refractivity contribution in [3.8, 4) is 0 Å². The molecule has 0 bridgehead atoms. The van der Waals surface area contributed by atoms with Gasteiger partial charge in [-0.15, -0.1) is 0 Å². The summed E-state index contributed by atoms with van der Waals surface area (Å²) in [6.07, 6.45) is 3.73. The molecule has 82 valence electrons. The molecular formula is C13H20N2. The molecule has 1 aliphatic rings. The van der Waals surface area contributed by atoms with Gasteiger partial charge in [-0.05, 0) is 49.4 Å². The average molecular weight is 204 g/mol. The first kappa shape index (κ1) is 10.5. The van der Waals surface area contributed by atoms with Gasteiger partial charge in [0, 0.05) is 11.7 Å². The fourth-order valence-electron chi connectivity index (χ4n) is 1.87. The maximum absolute atomic E-state index is 5.63. The topological polar surface area (TPSA) is 38.0 Å². The van der Waals surface area contributed by atoms with Gasteiger partial charge in [0.05, 0.1) is 0 Å². The van der Waals surface area contributed by atoms with E-state index in [0.717, 1.165) is 30.6 Å². The third-order valence-electron chi connectivity index (χ3n) is 3.14. The van der Waals surface area contributed by atoms with E-state index >= 15 is 0 Å². The van der Waals surface area contributed by atoms with Crippen LogP contribution in [-0.4, -0.2) is 12.6 Å². The van der Waals surface area contributed by atoms with Gasteiger partial charge in [0.15, 0.2) is 0 Å². The van der Waals surface area contributed by atoms with Crippen LogP contribution in [0.1, 0.15) is 25.3 Å². The van der Waals surface area contributed by atoms with Crippen LogP contribution in [0.15, 0.2) is 24.3 Å². The highest BCUT2D eigenvalue weighted by molar-refractivity contribution is 5.39. The van der Waals surface area contributed by atoms with Crippen molar-refractivity contribution in [2.45, 2.75) is 32.2 Å². The third-order valence-corrected chi connectivity index (χ3v) is 3.14. The van der Waals surface area contributed by atoms with Gasteiger partial charge in [-0.1, -0.05) is 19.1 Å². The number of anilines is 1. The van der Waals surface area contributed by atoms with Gasteiger partial charge < -0.3 is 11.1 Å². The highest BCUT2D eigenvalue weighted by Crippen LogP contribution is 2.28. The number of benzene rings is 1. The summed E-state index contributed by atoms with van der Waals surface area (Å²) in [4.78, 5) is 0. The summed E-state index contributed by atoms with van der Waals surface area (Å²) in [6, 6.07) is 9.00. The number of aryl methyl sites for hydroxylation is 1. The zero-order valence-electron chi connectivity index (χ0n) is 9.37. The quantitative estimate of drug-likeness (QED) is 0.570. The lowest BCUT2D eigenvalue weighted by Gasteiger charge is -2.04. The Hall–Kier alpha value is -1.02. The number of hydrogen-bond donors (Lipinski definition) is 2. The van der Waals surface area contributed by atoms with Crippen molar-refractivity contribution in [3.05, 3.63) is 29.8 Å². The highest BCUT2D eigenvalue weighted by atomic mass is 15.0. The molecule has 15 heavy (non-hydrogen) atoms. The van der Waals surface area contributed by atoms with Crippen LogP contribution < -0.4 is 11.1 Å². The van der Waals surface area contributed by atoms with Crippen LogP contribution in [0.4, 0.5) is 5.69 Å². The van der Waals surface area contributed by atoms with Gasteiger partial charge in [-0.3, -0.25) is 0 Å². The predicted octanol–water partition coefficient (Wildman–Crippen LogP) is 2.20. The van der Waals surface area contributed by atoms with Crippen molar-refractivity contribution < 1.29 is 0 Å². The Labute approximate surface area is 91.9 Å². The average Bonchev–Trinajstić information content (AvgIpc) is 2.92. The number of nitrogens with one attached hydrogen (secondary N) is 1. The lowest BCUT2D eigenvalue weighted by Crippen LogP contribution is -2.19. The fraction of sp³-hybridized carbons (Fsp3) is 0.538. The van der Waals surface area contributed by atoms with Gasteiger partial charge in [-0.25, -0.2) is 0 Å². The molecule has 2 atom stereocenters. The first-order chi connectivity index (χ1) is 7.25. The minimum atomic E-state index is 0.802. The minimum absolute atomic E-state index is 0.802. The number of nitrogen functional groups attached to an aromatic ring is 1. The van der Waals surface area contributed by atoms with Crippen LogP contribution in [0.3, 0.4) is 0 Å². The van der Waals surface area contributed by atoms with Crippen molar-refractivity contribution in [1.29, 1.82) is 0 Å². The summed E-state index contributed by atoms with van der Waals surface area (Å²) in [5.41, 5.74) is 7.87. The first-order valence-electron chi connectivity index (χ1n) is 5.83. The van der Waals surface area contributed by atoms with Gasteiger partial charge >= 0.3 is 0 Å². The van der Waals surface area contributed by atoms with Crippen molar-refractivity contribution >= 4 is 5.69 Å². The third kappa shape index (κ3) is 3.24. The van der Waals surface area contributed by atoms with Gasteiger partial charge in [0.1, 0.15) is 0 Å². The second-order valence-electron chi connectivity index (χ2n) is 4.62. The van der Waals surface area contributed by atoms with Gasteiger partial charge in [-0.2, -0.15) is 0 Å². The van der Waals surface area contributed by atoms with Crippen LogP contribution >= 0.6 is 0 Å². The van der Waals surface area contributed by atoms with Crippen LogP contribution in [-0.2, 0) is 6.42 Å². The Bertz CT molecular complexity index is 305. The molecule has 1 aromatic carbocycles. The van der Waals surface area contributed by atoms with E-state index in [2.05, 4.69) is 24.4 Å². The summed E-state index contributed by atoms with van der Waals surface area (Å²) in [5.74, 6) is 0.904. The molecule has 2 nitrogen and oxygen atoms in total. The Balaban J connectivity index is 1.63. The highest BCUT2D eigenvalue weighted by Gasteiger charge is 2.31. The van der Waals surface area contributed by atoms with Crippen molar-refractivity contribution in [1.82, 2.24) is 5.32 Å². The first-order valence-corrected chi connectivity index (χ1v) is 5.83. The lowest BCUT2D eigenvalue weighted by atomic mass is 10.1. The summed E-state index contributed by atoms with van der Waals surface area (Å²) in [5, 5.41) is 3.56. The fourth-order valence-corrected chi connectivity index (χ4v) is 1.87. The molecule has 0 heterocycles. The van der Waals surface area contributed by atoms with E-state index in [9.17, 15) is 0 Å². The van der Waals surface area contributed by atoms with E-state index in [1.165, 1.54) is 18.4 Å². The maximum atomic E-state index is 5.63. The molecule has 2 heteroatoms. The zero-order chi connectivity index (χ0) is 10.7. The van der Waals surface area contributed by atoms with E-state index in [4.69, 9.17) is 5.73 Å². The predicted molar refractivity (Wildman–Crippen MR) is 64.7 cm³/mol. The molecule has 0 aromatic heterocycles. The zero-order valence-corrected chi connectivity index (χ0v) is 9.37. The van der Waals surface area contributed by atoms with Crippen molar-refractivity contribution in [3.63, 3.8) is 0 Å². The van der Waals surface area contributed by atoms with Gasteiger partial charge in [0.2, 0.25) is 0 Å². The normalized spacial score (nSPS) is 24.1. The van der Waals surface area contributed by atoms with E-state index in [1.807, 2.05) is 12.1 Å². The molecule has 0 aliphatic heterocycles. The number of rotatable bonds is 5. The van der Waals surface area contributed by atoms with Crippen LogP contribution in [0.5, 0.6) is 0 Å². The molecule has 1 aliphatic carbocycles. The molecule has 0 radical (unpaired) electrons. The van der Waals surface area contributed by atoms with Crippen LogP contribution in [0.2, 0.25) is 0 Å². The van der Waals surface area contributed by atoms with Gasteiger partial charge in [0.25, 0.3) is 0 Å². The largest absolute Gasteiger partial charge is 0.399 e. The molecular weight excluding hydrogens is 184 g/mol. The number of nitrogens with two attached hydrogens (primary N) is 1. The van der Waals surface area contributed by atoms with E-state index < -0.39 is 0 Å². The molecule has 0 amide bonds. The standard InChI is InChI=1S/C13H20N2/c1-10-9-13(10)15-8-2-3-11-4-6-12(14)7-5-11/h4-7,10,13,15H,2-3,8-9,14H2,1H3. The molecule has 0 saturated heterocycles. The monoisotopic (exact) mass is 204 g/mol. The van der Waals surface area contributed by atoms with Crippen molar-refractivity contribution in [2.24, 2.45) is 5.92 Å². The Morgan fingerprint density at radius 3 is 2.60 bits per heavy atom. The maximum Gasteiger partial charge on any atom is 0.0314 e. The van der Waals surface area contributed by atoms with E-state index in [1.54, 1.807) is 0 Å². The molecule has 2 rings (SSSR count). The molecule has 1 aromatic rings. The Morgan fingerprint density at radius 2 is 2.00 bits per heavy atom. The second-order valence-corrected chi connectivity index (χ2v) is 4.62. The van der Waals surface area contributed by atoms with E-state index in [0.29, 0.717) is 0 Å². The molecule has 1 saturated carbocycles.